The minimum absolute atomic E-state index is 0.405. The normalized spacial score (nSPS) is 21.7. The van der Waals surface area contributed by atoms with Crippen LogP contribution in [-0.4, -0.2) is 41.4 Å². The van der Waals surface area contributed by atoms with E-state index in [0.29, 0.717) is 12.8 Å². The Bertz CT molecular complexity index is 239. The maximum Gasteiger partial charge on any atom is 0.377 e. The standard InChI is InChI=1S/C8H12F2O4/c1-14-4-7(13,5-2-3-5)8(9,10)6(11)12/h5,13H,2-4H2,1H3,(H,11,12). The summed E-state index contributed by atoms with van der Waals surface area (Å²) in [5, 5.41) is 17.9. The molecule has 2 N–H and O–H groups in total. The molecule has 1 atom stereocenters. The molecule has 0 bridgehead atoms. The van der Waals surface area contributed by atoms with Crippen LogP contribution in [0.5, 0.6) is 0 Å². The van der Waals surface area contributed by atoms with Crippen LogP contribution >= 0.6 is 0 Å². The maximum atomic E-state index is 13.1. The van der Waals surface area contributed by atoms with Crippen LogP contribution in [-0.2, 0) is 9.53 Å². The molecular formula is C8H12F2O4. The summed E-state index contributed by atoms with van der Waals surface area (Å²) in [7, 11) is 1.14. The van der Waals surface area contributed by atoms with Crippen LogP contribution in [0.15, 0.2) is 0 Å². The van der Waals surface area contributed by atoms with Crippen LogP contribution in [0.4, 0.5) is 8.78 Å². The highest BCUT2D eigenvalue weighted by Crippen LogP contribution is 2.47. The first-order valence-electron chi connectivity index (χ1n) is 4.18. The van der Waals surface area contributed by atoms with E-state index in [0.717, 1.165) is 7.11 Å². The number of aliphatic carboxylic acids is 1. The average molecular weight is 210 g/mol. The number of aliphatic hydroxyl groups is 1. The zero-order chi connectivity index (χ0) is 11.0. The van der Waals surface area contributed by atoms with Gasteiger partial charge in [-0.05, 0) is 18.8 Å². The zero-order valence-corrected chi connectivity index (χ0v) is 7.67. The number of rotatable bonds is 5. The maximum absolute atomic E-state index is 13.1. The zero-order valence-electron chi connectivity index (χ0n) is 7.67. The molecule has 6 heteroatoms. The lowest BCUT2D eigenvalue weighted by molar-refractivity contribution is -0.226. The Morgan fingerprint density at radius 1 is 1.57 bits per heavy atom. The van der Waals surface area contributed by atoms with E-state index in [9.17, 15) is 18.7 Å². The van der Waals surface area contributed by atoms with Gasteiger partial charge in [0.2, 0.25) is 0 Å². The number of carboxylic acid groups (broad SMARTS) is 1. The van der Waals surface area contributed by atoms with Gasteiger partial charge in [-0.2, -0.15) is 8.78 Å². The molecule has 82 valence electrons. The Morgan fingerprint density at radius 3 is 2.36 bits per heavy atom. The molecule has 0 radical (unpaired) electrons. The van der Waals surface area contributed by atoms with Gasteiger partial charge >= 0.3 is 11.9 Å². The molecular weight excluding hydrogens is 198 g/mol. The fourth-order valence-corrected chi connectivity index (χ4v) is 1.43. The third kappa shape index (κ3) is 1.59. The van der Waals surface area contributed by atoms with Crippen molar-refractivity contribution in [2.45, 2.75) is 24.4 Å². The van der Waals surface area contributed by atoms with Crippen molar-refractivity contribution in [3.8, 4) is 0 Å². The van der Waals surface area contributed by atoms with Crippen molar-refractivity contribution in [2.24, 2.45) is 5.92 Å². The molecule has 14 heavy (non-hydrogen) atoms. The van der Waals surface area contributed by atoms with Crippen LogP contribution in [0.1, 0.15) is 12.8 Å². The Kier molecular flexibility index (Phi) is 2.78. The van der Waals surface area contributed by atoms with E-state index in [1.165, 1.54) is 0 Å². The Hall–Kier alpha value is -0.750. The van der Waals surface area contributed by atoms with Gasteiger partial charge in [-0.15, -0.1) is 0 Å². The fraction of sp³-hybridized carbons (Fsp3) is 0.875. The third-order valence-electron chi connectivity index (χ3n) is 2.43. The smallest absolute Gasteiger partial charge is 0.377 e. The van der Waals surface area contributed by atoms with Gasteiger partial charge in [-0.25, -0.2) is 4.79 Å². The second-order valence-electron chi connectivity index (χ2n) is 3.51. The first kappa shape index (κ1) is 11.3. The number of hydrogen-bond acceptors (Lipinski definition) is 3. The molecule has 1 aliphatic carbocycles. The molecule has 0 aliphatic heterocycles. The number of hydrogen-bond donors (Lipinski definition) is 2. The van der Waals surface area contributed by atoms with E-state index in [-0.39, 0.29) is 0 Å². The van der Waals surface area contributed by atoms with Gasteiger partial charge in [0.05, 0.1) is 6.61 Å². The SMILES string of the molecule is COCC(O)(C1CC1)C(F)(F)C(=O)O. The molecule has 0 saturated heterocycles. The van der Waals surface area contributed by atoms with E-state index in [4.69, 9.17) is 5.11 Å². The Labute approximate surface area is 79.5 Å². The van der Waals surface area contributed by atoms with Crippen molar-refractivity contribution in [2.75, 3.05) is 13.7 Å². The molecule has 0 aromatic heterocycles. The summed E-state index contributed by atoms with van der Waals surface area (Å²) >= 11 is 0. The van der Waals surface area contributed by atoms with Gasteiger partial charge in [0.15, 0.2) is 5.60 Å². The molecule has 1 rings (SSSR count). The fourth-order valence-electron chi connectivity index (χ4n) is 1.43. The number of ether oxygens (including phenoxy) is 1. The van der Waals surface area contributed by atoms with E-state index < -0.39 is 30.0 Å². The molecule has 0 aromatic rings. The highest BCUT2D eigenvalue weighted by molar-refractivity contribution is 5.77. The summed E-state index contributed by atoms with van der Waals surface area (Å²) in [4.78, 5) is 10.3. The topological polar surface area (TPSA) is 66.8 Å². The summed E-state index contributed by atoms with van der Waals surface area (Å²) in [5.41, 5.74) is -2.58. The van der Waals surface area contributed by atoms with E-state index in [2.05, 4.69) is 4.74 Å². The molecule has 0 spiro atoms. The predicted molar refractivity (Wildman–Crippen MR) is 42.1 cm³/mol. The molecule has 0 amide bonds. The molecule has 1 fully saturated rings. The number of methoxy groups -OCH3 is 1. The first-order valence-corrected chi connectivity index (χ1v) is 4.18. The first-order chi connectivity index (χ1) is 6.36. The van der Waals surface area contributed by atoms with Crippen LogP contribution in [0, 0.1) is 5.92 Å². The summed E-state index contributed by atoms with van der Waals surface area (Å²) in [5.74, 6) is -7.16. The molecule has 0 aromatic carbocycles. The average Bonchev–Trinajstić information content (AvgIpc) is 2.86. The molecule has 1 aliphatic rings. The van der Waals surface area contributed by atoms with Crippen LogP contribution in [0.3, 0.4) is 0 Å². The van der Waals surface area contributed by atoms with Gasteiger partial charge < -0.3 is 14.9 Å². The quantitative estimate of drug-likeness (QED) is 0.693. The van der Waals surface area contributed by atoms with Crippen molar-refractivity contribution in [1.29, 1.82) is 0 Å². The van der Waals surface area contributed by atoms with E-state index >= 15 is 0 Å². The third-order valence-corrected chi connectivity index (χ3v) is 2.43. The largest absolute Gasteiger partial charge is 0.477 e. The van der Waals surface area contributed by atoms with Crippen molar-refractivity contribution >= 4 is 5.97 Å². The van der Waals surface area contributed by atoms with Gasteiger partial charge in [-0.1, -0.05) is 0 Å². The summed E-state index contributed by atoms with van der Waals surface area (Å²) in [6.45, 7) is -0.670. The number of halogens is 2. The van der Waals surface area contributed by atoms with Crippen LogP contribution < -0.4 is 0 Å². The highest BCUT2D eigenvalue weighted by atomic mass is 19.3. The second-order valence-corrected chi connectivity index (χ2v) is 3.51. The van der Waals surface area contributed by atoms with Crippen molar-refractivity contribution in [3.05, 3.63) is 0 Å². The van der Waals surface area contributed by atoms with E-state index in [1.807, 2.05) is 0 Å². The Morgan fingerprint density at radius 2 is 2.07 bits per heavy atom. The molecule has 1 saturated carbocycles. The number of alkyl halides is 2. The summed E-state index contributed by atoms with van der Waals surface area (Å²) in [6.07, 6.45) is 0.811. The molecule has 4 nitrogen and oxygen atoms in total. The van der Waals surface area contributed by atoms with Gasteiger partial charge in [0.1, 0.15) is 0 Å². The minimum Gasteiger partial charge on any atom is -0.477 e. The second kappa shape index (κ2) is 3.43. The highest BCUT2D eigenvalue weighted by Gasteiger charge is 2.65. The van der Waals surface area contributed by atoms with Crippen molar-refractivity contribution in [3.63, 3.8) is 0 Å². The minimum atomic E-state index is -4.16. The molecule has 0 heterocycles. The number of carboxylic acids is 1. The number of carbonyl (C=O) groups is 1. The predicted octanol–water partition coefficient (Wildman–Crippen LogP) is 0.494. The van der Waals surface area contributed by atoms with Gasteiger partial charge in [0, 0.05) is 7.11 Å². The Balaban J connectivity index is 2.90. The van der Waals surface area contributed by atoms with Gasteiger partial charge in [-0.3, -0.25) is 0 Å². The van der Waals surface area contributed by atoms with Crippen LogP contribution in [0.25, 0.3) is 0 Å². The van der Waals surface area contributed by atoms with Crippen molar-refractivity contribution < 1.29 is 28.5 Å². The van der Waals surface area contributed by atoms with Gasteiger partial charge in [0.25, 0.3) is 0 Å². The summed E-state index contributed by atoms with van der Waals surface area (Å²) < 4.78 is 30.7. The molecule has 1 unspecified atom stereocenters. The summed E-state index contributed by atoms with van der Waals surface area (Å²) in [6, 6.07) is 0. The van der Waals surface area contributed by atoms with Crippen LogP contribution in [0.2, 0.25) is 0 Å². The lowest BCUT2D eigenvalue weighted by Gasteiger charge is -2.32. The lowest BCUT2D eigenvalue weighted by atomic mass is 9.91. The van der Waals surface area contributed by atoms with E-state index in [1.54, 1.807) is 0 Å². The lowest BCUT2D eigenvalue weighted by Crippen LogP contribution is -2.57. The monoisotopic (exact) mass is 210 g/mol. The van der Waals surface area contributed by atoms with Crippen molar-refractivity contribution in [1.82, 2.24) is 0 Å².